The Morgan fingerprint density at radius 3 is 2.60 bits per heavy atom. The zero-order valence-corrected chi connectivity index (χ0v) is 9.46. The van der Waals surface area contributed by atoms with Gasteiger partial charge in [-0.05, 0) is 43.4 Å². The first kappa shape index (κ1) is 9.91. The summed E-state index contributed by atoms with van der Waals surface area (Å²) in [4.78, 5) is 4.38. The van der Waals surface area contributed by atoms with Gasteiger partial charge in [0, 0.05) is 17.3 Å². The molecule has 0 radical (unpaired) electrons. The molecule has 1 heterocycles. The van der Waals surface area contributed by atoms with Crippen molar-refractivity contribution < 1.29 is 0 Å². The molecule has 0 aliphatic heterocycles. The number of fused-ring (bicyclic) bond motifs is 1. The van der Waals surface area contributed by atoms with Crippen molar-refractivity contribution in [2.75, 3.05) is 0 Å². The molecule has 0 atom stereocenters. The number of benzene rings is 1. The van der Waals surface area contributed by atoms with Gasteiger partial charge in [-0.15, -0.1) is 0 Å². The van der Waals surface area contributed by atoms with Gasteiger partial charge in [0.05, 0.1) is 0 Å². The van der Waals surface area contributed by atoms with E-state index in [9.17, 15) is 0 Å². The Hall–Kier alpha value is -1.63. The number of aryl methyl sites for hydroxylation is 2. The van der Waals surface area contributed by atoms with Crippen molar-refractivity contribution in [3.05, 3.63) is 47.8 Å². The highest BCUT2D eigenvalue weighted by atomic mass is 14.7. The Morgan fingerprint density at radius 1 is 1.20 bits per heavy atom. The van der Waals surface area contributed by atoms with Crippen LogP contribution >= 0.6 is 0 Å². The first-order valence-corrected chi connectivity index (χ1v) is 5.11. The van der Waals surface area contributed by atoms with Crippen LogP contribution in [0.2, 0.25) is 0 Å². The van der Waals surface area contributed by atoms with Crippen molar-refractivity contribution in [2.24, 2.45) is 0 Å². The van der Waals surface area contributed by atoms with E-state index in [0.29, 0.717) is 0 Å². The zero-order valence-electron chi connectivity index (χ0n) is 9.46. The third-order valence-electron chi connectivity index (χ3n) is 2.78. The Kier molecular flexibility index (Phi) is 2.31. The van der Waals surface area contributed by atoms with E-state index >= 15 is 0 Å². The number of pyridine rings is 1. The van der Waals surface area contributed by atoms with Gasteiger partial charge in [-0.2, -0.15) is 0 Å². The van der Waals surface area contributed by atoms with Crippen LogP contribution in [0, 0.1) is 13.8 Å². The molecule has 0 aliphatic carbocycles. The number of aromatic nitrogens is 1. The van der Waals surface area contributed by atoms with Gasteiger partial charge in [-0.1, -0.05) is 24.3 Å². The van der Waals surface area contributed by atoms with Crippen molar-refractivity contribution in [3.63, 3.8) is 0 Å². The zero-order chi connectivity index (χ0) is 11.0. The molecule has 0 spiro atoms. The quantitative estimate of drug-likeness (QED) is 0.676. The van der Waals surface area contributed by atoms with E-state index < -0.39 is 0 Å². The van der Waals surface area contributed by atoms with Crippen LogP contribution in [-0.2, 0) is 0 Å². The maximum Gasteiger partial charge on any atom is 0.0451 e. The van der Waals surface area contributed by atoms with Crippen LogP contribution in [0.3, 0.4) is 0 Å². The van der Waals surface area contributed by atoms with Crippen LogP contribution in [0.25, 0.3) is 16.3 Å². The Morgan fingerprint density at radius 2 is 1.93 bits per heavy atom. The SMILES string of the molecule is C=C(C)c1ccc2c(C)cnc(C)c2c1. The summed E-state index contributed by atoms with van der Waals surface area (Å²) in [6.45, 7) is 10.1. The molecule has 1 aromatic carbocycles. The van der Waals surface area contributed by atoms with E-state index in [1.165, 1.54) is 21.9 Å². The Labute approximate surface area is 90.5 Å². The molecule has 1 heteroatoms. The molecule has 76 valence electrons. The molecule has 0 amide bonds. The molecule has 0 saturated heterocycles. The summed E-state index contributed by atoms with van der Waals surface area (Å²) in [6.07, 6.45) is 1.93. The highest BCUT2D eigenvalue weighted by molar-refractivity contribution is 5.89. The molecule has 0 saturated carbocycles. The second-order valence-corrected chi connectivity index (χ2v) is 4.07. The summed E-state index contributed by atoms with van der Waals surface area (Å²) < 4.78 is 0. The Bertz CT molecular complexity index is 538. The second-order valence-electron chi connectivity index (χ2n) is 4.07. The molecule has 2 rings (SSSR count). The summed E-state index contributed by atoms with van der Waals surface area (Å²) in [5, 5.41) is 2.52. The topological polar surface area (TPSA) is 12.9 Å². The molecule has 2 aromatic rings. The minimum atomic E-state index is 1.08. The lowest BCUT2D eigenvalue weighted by Gasteiger charge is -2.07. The monoisotopic (exact) mass is 197 g/mol. The lowest BCUT2D eigenvalue weighted by molar-refractivity contribution is 1.21. The van der Waals surface area contributed by atoms with Crippen molar-refractivity contribution in [2.45, 2.75) is 20.8 Å². The molecular formula is C14H15N. The maximum absolute atomic E-state index is 4.38. The number of allylic oxidation sites excluding steroid dienone is 1. The molecular weight excluding hydrogens is 182 g/mol. The van der Waals surface area contributed by atoms with Crippen molar-refractivity contribution >= 4 is 16.3 Å². The molecule has 0 bridgehead atoms. The first-order chi connectivity index (χ1) is 7.09. The van der Waals surface area contributed by atoms with E-state index in [2.05, 4.69) is 36.7 Å². The predicted octanol–water partition coefficient (Wildman–Crippen LogP) is 3.88. The first-order valence-electron chi connectivity index (χ1n) is 5.11. The van der Waals surface area contributed by atoms with Crippen LogP contribution in [0.4, 0.5) is 0 Å². The molecule has 0 N–H and O–H groups in total. The van der Waals surface area contributed by atoms with E-state index in [0.717, 1.165) is 11.3 Å². The summed E-state index contributed by atoms with van der Waals surface area (Å²) in [5.41, 5.74) is 4.60. The molecule has 1 aromatic heterocycles. The number of rotatable bonds is 1. The third-order valence-corrected chi connectivity index (χ3v) is 2.78. The maximum atomic E-state index is 4.38. The molecule has 0 fully saturated rings. The fourth-order valence-electron chi connectivity index (χ4n) is 1.79. The minimum Gasteiger partial charge on any atom is -0.261 e. The van der Waals surface area contributed by atoms with Gasteiger partial charge >= 0.3 is 0 Å². The summed E-state index contributed by atoms with van der Waals surface area (Å²) in [6, 6.07) is 6.45. The third kappa shape index (κ3) is 1.65. The fraction of sp³-hybridized carbons (Fsp3) is 0.214. The van der Waals surface area contributed by atoms with E-state index in [1.54, 1.807) is 0 Å². The van der Waals surface area contributed by atoms with Crippen LogP contribution in [0.15, 0.2) is 31.0 Å². The van der Waals surface area contributed by atoms with Crippen LogP contribution in [0.5, 0.6) is 0 Å². The predicted molar refractivity (Wildman–Crippen MR) is 65.9 cm³/mol. The largest absolute Gasteiger partial charge is 0.261 e. The standard InChI is InChI=1S/C14H15N/c1-9(2)12-5-6-13-10(3)8-15-11(4)14(13)7-12/h5-8H,1H2,2-4H3. The van der Waals surface area contributed by atoms with Crippen LogP contribution < -0.4 is 0 Å². The van der Waals surface area contributed by atoms with Gasteiger partial charge in [0.1, 0.15) is 0 Å². The lowest BCUT2D eigenvalue weighted by atomic mass is 10.0. The van der Waals surface area contributed by atoms with Gasteiger partial charge in [0.2, 0.25) is 0 Å². The molecule has 0 aliphatic rings. The number of hydrogen-bond acceptors (Lipinski definition) is 1. The lowest BCUT2D eigenvalue weighted by Crippen LogP contribution is -1.88. The number of nitrogens with zero attached hydrogens (tertiary/aromatic N) is 1. The van der Waals surface area contributed by atoms with E-state index in [1.807, 2.05) is 20.0 Å². The molecule has 1 nitrogen and oxygen atoms in total. The molecule has 0 unspecified atom stereocenters. The van der Waals surface area contributed by atoms with Gasteiger partial charge in [0.25, 0.3) is 0 Å². The highest BCUT2D eigenvalue weighted by Gasteiger charge is 2.03. The highest BCUT2D eigenvalue weighted by Crippen LogP contribution is 2.24. The van der Waals surface area contributed by atoms with Crippen molar-refractivity contribution in [1.29, 1.82) is 0 Å². The number of hydrogen-bond donors (Lipinski definition) is 0. The van der Waals surface area contributed by atoms with Crippen molar-refractivity contribution in [1.82, 2.24) is 4.98 Å². The normalized spacial score (nSPS) is 10.6. The van der Waals surface area contributed by atoms with Crippen LogP contribution in [-0.4, -0.2) is 4.98 Å². The van der Waals surface area contributed by atoms with E-state index in [4.69, 9.17) is 0 Å². The summed E-state index contributed by atoms with van der Waals surface area (Å²) in [7, 11) is 0. The van der Waals surface area contributed by atoms with E-state index in [-0.39, 0.29) is 0 Å². The Balaban J connectivity index is 2.81. The molecule has 15 heavy (non-hydrogen) atoms. The van der Waals surface area contributed by atoms with Gasteiger partial charge in [0.15, 0.2) is 0 Å². The van der Waals surface area contributed by atoms with Gasteiger partial charge in [-0.3, -0.25) is 4.98 Å². The summed E-state index contributed by atoms with van der Waals surface area (Å²) in [5.74, 6) is 0. The second kappa shape index (κ2) is 3.50. The minimum absolute atomic E-state index is 1.08. The van der Waals surface area contributed by atoms with Crippen LogP contribution in [0.1, 0.15) is 23.7 Å². The average molecular weight is 197 g/mol. The smallest absolute Gasteiger partial charge is 0.0451 e. The fourth-order valence-corrected chi connectivity index (χ4v) is 1.79. The summed E-state index contributed by atoms with van der Waals surface area (Å²) >= 11 is 0. The average Bonchev–Trinajstić information content (AvgIpc) is 2.23. The van der Waals surface area contributed by atoms with Gasteiger partial charge < -0.3 is 0 Å². The van der Waals surface area contributed by atoms with Crippen molar-refractivity contribution in [3.8, 4) is 0 Å². The van der Waals surface area contributed by atoms with Gasteiger partial charge in [-0.25, -0.2) is 0 Å².